The first-order valence-corrected chi connectivity index (χ1v) is 6.97. The number of carbonyl (C=O) groups is 2. The van der Waals surface area contributed by atoms with Crippen molar-refractivity contribution in [3.63, 3.8) is 0 Å². The largest absolute Gasteiger partial charge is 0.461 e. The molecule has 1 aromatic carbocycles. The van der Waals surface area contributed by atoms with Gasteiger partial charge in [0.2, 0.25) is 5.91 Å². The number of hydrogen-bond donors (Lipinski definition) is 2. The van der Waals surface area contributed by atoms with Gasteiger partial charge >= 0.3 is 5.97 Å². The van der Waals surface area contributed by atoms with Gasteiger partial charge in [-0.15, -0.1) is 0 Å². The Morgan fingerprint density at radius 2 is 1.95 bits per heavy atom. The maximum atomic E-state index is 12.0. The first kappa shape index (κ1) is 15.6. The first-order chi connectivity index (χ1) is 10.5. The van der Waals surface area contributed by atoms with Crippen LogP contribution in [0, 0.1) is 0 Å². The van der Waals surface area contributed by atoms with Crippen LogP contribution in [0.25, 0.3) is 0 Å². The van der Waals surface area contributed by atoms with Gasteiger partial charge in [0.05, 0.1) is 18.7 Å². The van der Waals surface area contributed by atoms with E-state index in [0.29, 0.717) is 23.7 Å². The second-order valence-corrected chi connectivity index (χ2v) is 4.91. The van der Waals surface area contributed by atoms with Crippen molar-refractivity contribution >= 4 is 23.3 Å². The van der Waals surface area contributed by atoms with Crippen LogP contribution in [0.15, 0.2) is 36.5 Å². The maximum Gasteiger partial charge on any atom is 0.355 e. The Balaban J connectivity index is 2.01. The monoisotopic (exact) mass is 301 g/mol. The van der Waals surface area contributed by atoms with E-state index in [0.717, 1.165) is 5.56 Å². The van der Waals surface area contributed by atoms with E-state index in [-0.39, 0.29) is 12.3 Å². The van der Waals surface area contributed by atoms with Gasteiger partial charge in [0.25, 0.3) is 0 Å². The van der Waals surface area contributed by atoms with Crippen LogP contribution >= 0.6 is 0 Å². The summed E-state index contributed by atoms with van der Waals surface area (Å²) in [5.74, 6) is -0.574. The first-order valence-electron chi connectivity index (χ1n) is 6.97. The molecule has 3 N–H and O–H groups in total. The zero-order valence-corrected chi connectivity index (χ0v) is 12.6. The highest BCUT2D eigenvalue weighted by Crippen LogP contribution is 2.15. The van der Waals surface area contributed by atoms with Crippen molar-refractivity contribution in [2.45, 2.75) is 13.3 Å². The van der Waals surface area contributed by atoms with Crippen molar-refractivity contribution in [1.82, 2.24) is 4.57 Å². The lowest BCUT2D eigenvalue weighted by atomic mass is 10.1. The number of amides is 1. The van der Waals surface area contributed by atoms with E-state index in [2.05, 4.69) is 5.32 Å². The van der Waals surface area contributed by atoms with Gasteiger partial charge in [-0.05, 0) is 30.7 Å². The molecule has 1 aromatic heterocycles. The van der Waals surface area contributed by atoms with Crippen molar-refractivity contribution in [3.05, 3.63) is 47.8 Å². The molecule has 0 saturated carbocycles. The molecule has 0 aliphatic rings. The predicted molar refractivity (Wildman–Crippen MR) is 84.6 cm³/mol. The summed E-state index contributed by atoms with van der Waals surface area (Å²) in [6, 6.07) is 8.72. The normalized spacial score (nSPS) is 10.3. The average Bonchev–Trinajstić information content (AvgIpc) is 2.82. The third-order valence-corrected chi connectivity index (χ3v) is 3.12. The van der Waals surface area contributed by atoms with Crippen LogP contribution < -0.4 is 11.1 Å². The number of rotatable bonds is 5. The summed E-state index contributed by atoms with van der Waals surface area (Å²) in [5, 5.41) is 2.76. The maximum absolute atomic E-state index is 12.0. The van der Waals surface area contributed by atoms with Gasteiger partial charge in [0.15, 0.2) is 0 Å². The lowest BCUT2D eigenvalue weighted by Gasteiger charge is -2.03. The van der Waals surface area contributed by atoms with Gasteiger partial charge in [-0.1, -0.05) is 12.1 Å². The Labute approximate surface area is 128 Å². The fourth-order valence-corrected chi connectivity index (χ4v) is 2.07. The van der Waals surface area contributed by atoms with Crippen LogP contribution in [0.5, 0.6) is 0 Å². The summed E-state index contributed by atoms with van der Waals surface area (Å²) in [6.45, 7) is 2.05. The molecule has 1 heterocycles. The summed E-state index contributed by atoms with van der Waals surface area (Å²) in [4.78, 5) is 23.7. The van der Waals surface area contributed by atoms with E-state index in [1.165, 1.54) is 0 Å². The number of nitrogens with zero attached hydrogens (tertiary/aromatic N) is 1. The number of benzene rings is 1. The van der Waals surface area contributed by atoms with Gasteiger partial charge in [0, 0.05) is 18.9 Å². The fourth-order valence-electron chi connectivity index (χ4n) is 2.07. The smallest absolute Gasteiger partial charge is 0.355 e. The molecule has 0 aliphatic heterocycles. The second kappa shape index (κ2) is 6.80. The molecule has 116 valence electrons. The van der Waals surface area contributed by atoms with Crippen molar-refractivity contribution in [3.8, 4) is 0 Å². The lowest BCUT2D eigenvalue weighted by Crippen LogP contribution is -2.14. The number of nitrogens with one attached hydrogen (secondary N) is 1. The zero-order chi connectivity index (χ0) is 16.1. The Bertz CT molecular complexity index is 674. The van der Waals surface area contributed by atoms with Gasteiger partial charge in [0.1, 0.15) is 5.69 Å². The molecular formula is C16H19N3O3. The Hall–Kier alpha value is -2.76. The van der Waals surface area contributed by atoms with E-state index in [1.807, 2.05) is 12.1 Å². The molecule has 0 spiro atoms. The summed E-state index contributed by atoms with van der Waals surface area (Å²) < 4.78 is 6.57. The third kappa shape index (κ3) is 3.88. The minimum absolute atomic E-state index is 0.161. The predicted octanol–water partition coefficient (Wildman–Crippen LogP) is 1.97. The van der Waals surface area contributed by atoms with Crippen LogP contribution in [0.1, 0.15) is 23.0 Å². The van der Waals surface area contributed by atoms with E-state index >= 15 is 0 Å². The zero-order valence-electron chi connectivity index (χ0n) is 12.6. The van der Waals surface area contributed by atoms with Gasteiger partial charge in [-0.2, -0.15) is 0 Å². The molecular weight excluding hydrogens is 282 g/mol. The molecule has 0 unspecified atom stereocenters. The fraction of sp³-hybridized carbons (Fsp3) is 0.250. The minimum Gasteiger partial charge on any atom is -0.461 e. The molecule has 6 heteroatoms. The van der Waals surface area contributed by atoms with Gasteiger partial charge < -0.3 is 20.4 Å². The van der Waals surface area contributed by atoms with Crippen molar-refractivity contribution in [2.75, 3.05) is 17.7 Å². The molecule has 2 rings (SSSR count). The minimum atomic E-state index is -0.413. The van der Waals surface area contributed by atoms with E-state index in [1.54, 1.807) is 42.9 Å². The lowest BCUT2D eigenvalue weighted by molar-refractivity contribution is -0.115. The van der Waals surface area contributed by atoms with E-state index < -0.39 is 5.97 Å². The summed E-state index contributed by atoms with van der Waals surface area (Å²) >= 11 is 0. The number of aryl methyl sites for hydroxylation is 1. The molecule has 0 atom stereocenters. The standard InChI is InChI=1S/C16H19N3O3/c1-3-22-16(21)14-9-13(10-19(14)2)18-15(20)8-11-4-6-12(17)7-5-11/h4-7,9-10H,3,8,17H2,1-2H3,(H,18,20). The average molecular weight is 301 g/mol. The van der Waals surface area contributed by atoms with Crippen LogP contribution in [-0.4, -0.2) is 23.1 Å². The highest BCUT2D eigenvalue weighted by Gasteiger charge is 2.14. The van der Waals surface area contributed by atoms with Gasteiger partial charge in [-0.3, -0.25) is 4.79 Å². The number of hydrogen-bond acceptors (Lipinski definition) is 4. The second-order valence-electron chi connectivity index (χ2n) is 4.91. The molecule has 0 radical (unpaired) electrons. The number of nitrogen functional groups attached to an aromatic ring is 1. The van der Waals surface area contributed by atoms with E-state index in [4.69, 9.17) is 10.5 Å². The summed E-state index contributed by atoms with van der Waals surface area (Å²) in [7, 11) is 1.72. The van der Waals surface area contributed by atoms with Crippen LogP contribution in [0.2, 0.25) is 0 Å². The molecule has 0 bridgehead atoms. The molecule has 22 heavy (non-hydrogen) atoms. The molecule has 6 nitrogen and oxygen atoms in total. The summed E-state index contributed by atoms with van der Waals surface area (Å²) in [5.41, 5.74) is 8.09. The molecule has 0 fully saturated rings. The van der Waals surface area contributed by atoms with Crippen LogP contribution in [0.4, 0.5) is 11.4 Å². The Morgan fingerprint density at radius 1 is 1.27 bits per heavy atom. The number of esters is 1. The van der Waals surface area contributed by atoms with Crippen LogP contribution in [-0.2, 0) is 23.0 Å². The van der Waals surface area contributed by atoms with Crippen molar-refractivity contribution in [2.24, 2.45) is 7.05 Å². The molecule has 0 saturated heterocycles. The highest BCUT2D eigenvalue weighted by atomic mass is 16.5. The number of aromatic nitrogens is 1. The van der Waals surface area contributed by atoms with E-state index in [9.17, 15) is 9.59 Å². The van der Waals surface area contributed by atoms with Gasteiger partial charge in [-0.25, -0.2) is 4.79 Å². The third-order valence-electron chi connectivity index (χ3n) is 3.12. The SMILES string of the molecule is CCOC(=O)c1cc(NC(=O)Cc2ccc(N)cc2)cn1C. The molecule has 2 aromatic rings. The van der Waals surface area contributed by atoms with Crippen LogP contribution in [0.3, 0.4) is 0 Å². The quantitative estimate of drug-likeness (QED) is 0.653. The number of nitrogens with two attached hydrogens (primary N) is 1. The molecule has 0 aliphatic carbocycles. The van der Waals surface area contributed by atoms with Crippen molar-refractivity contribution in [1.29, 1.82) is 0 Å². The number of anilines is 2. The summed E-state index contributed by atoms with van der Waals surface area (Å²) in [6.07, 6.45) is 1.91. The Morgan fingerprint density at radius 3 is 2.59 bits per heavy atom. The Kier molecular flexibility index (Phi) is 4.83. The topological polar surface area (TPSA) is 86.3 Å². The highest BCUT2D eigenvalue weighted by molar-refractivity contribution is 5.95. The molecule has 1 amide bonds. The van der Waals surface area contributed by atoms with Crippen molar-refractivity contribution < 1.29 is 14.3 Å². The number of ether oxygens (including phenoxy) is 1. The number of carbonyl (C=O) groups excluding carboxylic acids is 2.